The highest BCUT2D eigenvalue weighted by atomic mass is 32.2. The largest absolute Gasteiger partial charge is 0.497 e. The molecule has 0 spiro atoms. The number of carbonyl (C=O) groups is 1. The van der Waals surface area contributed by atoms with Crippen molar-refractivity contribution in [2.24, 2.45) is 0 Å². The lowest BCUT2D eigenvalue weighted by Crippen LogP contribution is -2.56. The summed E-state index contributed by atoms with van der Waals surface area (Å²) in [6, 6.07) is 6.36. The molecular formula is C22H34N2O7S. The van der Waals surface area contributed by atoms with E-state index >= 15 is 0 Å². The fourth-order valence-corrected chi connectivity index (χ4v) is 6.20. The predicted octanol–water partition coefficient (Wildman–Crippen LogP) is 2.33. The average molecular weight is 471 g/mol. The standard InChI is InChI=1S/C22H34N2O7S/c1-21(2,3)31-20(26)24-17(14-30-22(24,4)5)19(25)18-11-12-23(32(18,27)28)13-15-7-9-16(29-6)10-8-15/h7-10,17-19,25H,11-14H2,1-6H3/t17-,18?,19?/m1/s1. The van der Waals surface area contributed by atoms with E-state index in [4.69, 9.17) is 14.2 Å². The maximum atomic E-state index is 13.3. The number of hydrogen-bond donors (Lipinski definition) is 1. The molecule has 0 aliphatic carbocycles. The molecular weight excluding hydrogens is 436 g/mol. The summed E-state index contributed by atoms with van der Waals surface area (Å²) in [7, 11) is -2.21. The number of amides is 1. The van der Waals surface area contributed by atoms with E-state index in [0.29, 0.717) is 12.3 Å². The summed E-state index contributed by atoms with van der Waals surface area (Å²) in [5, 5.41) is 10.1. The molecule has 9 nitrogen and oxygen atoms in total. The molecule has 0 saturated carbocycles. The molecule has 2 aliphatic rings. The van der Waals surface area contributed by atoms with E-state index in [0.717, 1.165) is 5.56 Å². The van der Waals surface area contributed by atoms with Crippen LogP contribution in [-0.2, 0) is 26.0 Å². The highest BCUT2D eigenvalue weighted by Gasteiger charge is 2.54. The second kappa shape index (κ2) is 8.81. The Morgan fingerprint density at radius 1 is 1.28 bits per heavy atom. The van der Waals surface area contributed by atoms with Gasteiger partial charge in [0.15, 0.2) is 0 Å². The first-order valence-corrected chi connectivity index (χ1v) is 12.2. The molecule has 2 unspecified atom stereocenters. The molecule has 2 aliphatic heterocycles. The first-order chi connectivity index (χ1) is 14.8. The van der Waals surface area contributed by atoms with Crippen LogP contribution in [-0.4, -0.2) is 77.8 Å². The van der Waals surface area contributed by atoms with Gasteiger partial charge in [-0.25, -0.2) is 13.2 Å². The number of sulfonamides is 1. The van der Waals surface area contributed by atoms with Crippen molar-refractivity contribution in [1.82, 2.24) is 9.21 Å². The second-order valence-electron chi connectivity index (χ2n) is 9.72. The Morgan fingerprint density at radius 2 is 1.91 bits per heavy atom. The van der Waals surface area contributed by atoms with Crippen molar-refractivity contribution in [2.75, 3.05) is 20.3 Å². The summed E-state index contributed by atoms with van der Waals surface area (Å²) in [5.74, 6) is 0.692. The Hall–Kier alpha value is -1.88. The fourth-order valence-electron chi connectivity index (χ4n) is 4.19. The highest BCUT2D eigenvalue weighted by molar-refractivity contribution is 7.90. The molecule has 1 N–H and O–H groups in total. The van der Waals surface area contributed by atoms with Crippen LogP contribution in [0, 0.1) is 0 Å². The van der Waals surface area contributed by atoms with Crippen molar-refractivity contribution in [3.05, 3.63) is 29.8 Å². The highest BCUT2D eigenvalue weighted by Crippen LogP contribution is 2.35. The average Bonchev–Trinajstić information content (AvgIpc) is 3.16. The number of aliphatic hydroxyl groups excluding tert-OH is 1. The molecule has 0 radical (unpaired) electrons. The summed E-state index contributed by atoms with van der Waals surface area (Å²) in [5.41, 5.74) is -0.941. The predicted molar refractivity (Wildman–Crippen MR) is 119 cm³/mol. The molecule has 0 aromatic heterocycles. The maximum absolute atomic E-state index is 13.3. The lowest BCUT2D eigenvalue weighted by atomic mass is 10.0. The van der Waals surface area contributed by atoms with Crippen molar-refractivity contribution < 1.29 is 32.5 Å². The number of hydrogen-bond acceptors (Lipinski definition) is 7. The zero-order valence-electron chi connectivity index (χ0n) is 19.6. The Bertz CT molecular complexity index is 925. The Labute approximate surface area is 190 Å². The van der Waals surface area contributed by atoms with Gasteiger partial charge in [0.2, 0.25) is 10.0 Å². The third-order valence-corrected chi connectivity index (χ3v) is 8.12. The van der Waals surface area contributed by atoms with E-state index < -0.39 is 44.8 Å². The van der Waals surface area contributed by atoms with Crippen LogP contribution in [0.1, 0.15) is 46.6 Å². The van der Waals surface area contributed by atoms with Crippen molar-refractivity contribution in [1.29, 1.82) is 0 Å². The first-order valence-electron chi connectivity index (χ1n) is 10.7. The van der Waals surface area contributed by atoms with Crippen LogP contribution in [0.2, 0.25) is 0 Å². The van der Waals surface area contributed by atoms with Crippen LogP contribution in [0.3, 0.4) is 0 Å². The molecule has 32 heavy (non-hydrogen) atoms. The van der Waals surface area contributed by atoms with Crippen molar-refractivity contribution in [3.8, 4) is 5.75 Å². The summed E-state index contributed by atoms with van der Waals surface area (Å²) >= 11 is 0. The van der Waals surface area contributed by atoms with Crippen LogP contribution in [0.15, 0.2) is 24.3 Å². The van der Waals surface area contributed by atoms with E-state index in [-0.39, 0.29) is 19.6 Å². The van der Waals surface area contributed by atoms with Crippen LogP contribution >= 0.6 is 0 Å². The van der Waals surface area contributed by atoms with Gasteiger partial charge in [-0.3, -0.25) is 4.90 Å². The summed E-state index contributed by atoms with van der Waals surface area (Å²) in [6.45, 7) is 9.16. The van der Waals surface area contributed by atoms with Crippen LogP contribution in [0.5, 0.6) is 5.75 Å². The molecule has 180 valence electrons. The number of aliphatic hydroxyl groups is 1. The minimum absolute atomic E-state index is 0.0257. The Balaban J connectivity index is 1.77. The molecule has 0 bridgehead atoms. The van der Waals surface area contributed by atoms with Gasteiger partial charge < -0.3 is 19.3 Å². The van der Waals surface area contributed by atoms with E-state index in [2.05, 4.69) is 0 Å². The van der Waals surface area contributed by atoms with Gasteiger partial charge in [0.1, 0.15) is 22.3 Å². The molecule has 3 atom stereocenters. The fraction of sp³-hybridized carbons (Fsp3) is 0.682. The number of ether oxygens (including phenoxy) is 3. The number of benzene rings is 1. The van der Waals surface area contributed by atoms with Gasteiger partial charge in [-0.15, -0.1) is 0 Å². The molecule has 1 amide bonds. The summed E-state index contributed by atoms with van der Waals surface area (Å²) in [6.07, 6.45) is -1.69. The Kier molecular flexibility index (Phi) is 6.82. The van der Waals surface area contributed by atoms with Gasteiger partial charge >= 0.3 is 6.09 Å². The number of nitrogens with zero attached hydrogens (tertiary/aromatic N) is 2. The second-order valence-corrected chi connectivity index (χ2v) is 11.9. The van der Waals surface area contributed by atoms with Crippen molar-refractivity contribution in [2.45, 2.75) is 76.3 Å². The minimum atomic E-state index is -3.78. The smallest absolute Gasteiger partial charge is 0.412 e. The maximum Gasteiger partial charge on any atom is 0.412 e. The van der Waals surface area contributed by atoms with Gasteiger partial charge in [-0.05, 0) is 58.7 Å². The Morgan fingerprint density at radius 3 is 2.47 bits per heavy atom. The number of carbonyl (C=O) groups excluding carboxylic acids is 1. The molecule has 10 heteroatoms. The third-order valence-electron chi connectivity index (χ3n) is 5.81. The van der Waals surface area contributed by atoms with Crippen LogP contribution in [0.4, 0.5) is 4.79 Å². The number of rotatable bonds is 5. The zero-order chi connectivity index (χ0) is 23.9. The molecule has 2 saturated heterocycles. The van der Waals surface area contributed by atoms with Gasteiger partial charge in [0, 0.05) is 13.1 Å². The first kappa shape index (κ1) is 24.8. The quantitative estimate of drug-likeness (QED) is 0.704. The summed E-state index contributed by atoms with van der Waals surface area (Å²) in [4.78, 5) is 14.2. The van der Waals surface area contributed by atoms with Gasteiger partial charge in [-0.1, -0.05) is 12.1 Å². The van der Waals surface area contributed by atoms with Gasteiger partial charge in [-0.2, -0.15) is 4.31 Å². The third kappa shape index (κ3) is 5.03. The summed E-state index contributed by atoms with van der Waals surface area (Å²) < 4.78 is 44.3. The monoisotopic (exact) mass is 470 g/mol. The van der Waals surface area contributed by atoms with Crippen molar-refractivity contribution >= 4 is 16.1 Å². The topological polar surface area (TPSA) is 106 Å². The molecule has 3 rings (SSSR count). The molecule has 1 aromatic rings. The molecule has 2 heterocycles. The zero-order valence-corrected chi connectivity index (χ0v) is 20.4. The normalized spacial score (nSPS) is 26.2. The van der Waals surface area contributed by atoms with E-state index in [1.165, 1.54) is 9.21 Å². The van der Waals surface area contributed by atoms with Crippen LogP contribution < -0.4 is 4.74 Å². The minimum Gasteiger partial charge on any atom is -0.497 e. The lowest BCUT2D eigenvalue weighted by molar-refractivity contribution is -0.0678. The van der Waals surface area contributed by atoms with E-state index in [1.54, 1.807) is 53.9 Å². The van der Waals surface area contributed by atoms with E-state index in [9.17, 15) is 18.3 Å². The SMILES string of the molecule is COc1ccc(CN2CCC(C(O)[C@H]3COC(C)(C)N3C(=O)OC(C)(C)C)S2(=O)=O)cc1. The van der Waals surface area contributed by atoms with Crippen molar-refractivity contribution in [3.63, 3.8) is 0 Å². The van der Waals surface area contributed by atoms with Gasteiger partial charge in [0.25, 0.3) is 0 Å². The molecule has 1 aromatic carbocycles. The lowest BCUT2D eigenvalue weighted by Gasteiger charge is -2.37. The van der Waals surface area contributed by atoms with E-state index in [1.807, 2.05) is 12.1 Å². The number of methoxy groups -OCH3 is 1. The molecule has 2 fully saturated rings. The van der Waals surface area contributed by atoms with Gasteiger partial charge in [0.05, 0.1) is 25.9 Å². The van der Waals surface area contributed by atoms with Crippen LogP contribution in [0.25, 0.3) is 0 Å².